The Balaban J connectivity index is 1.76. The van der Waals surface area contributed by atoms with Crippen LogP contribution in [0, 0.1) is 0 Å². The predicted octanol–water partition coefficient (Wildman–Crippen LogP) is 0.781. The van der Waals surface area contributed by atoms with Crippen LogP contribution in [0.2, 0.25) is 0 Å². The molecular weight excluding hydrogens is 226 g/mol. The summed E-state index contributed by atoms with van der Waals surface area (Å²) >= 11 is 0. The molecule has 2 saturated heterocycles. The van der Waals surface area contributed by atoms with Gasteiger partial charge in [0.1, 0.15) is 0 Å². The molecule has 2 aliphatic rings. The zero-order chi connectivity index (χ0) is 12.8. The van der Waals surface area contributed by atoms with Crippen LogP contribution in [0.4, 0.5) is 0 Å². The molecule has 18 heavy (non-hydrogen) atoms. The second kappa shape index (κ2) is 7.43. The van der Waals surface area contributed by atoms with E-state index >= 15 is 0 Å². The molecular formula is C14H29N3O. The number of rotatable bonds is 4. The first-order valence-electron chi connectivity index (χ1n) is 7.54. The molecule has 0 spiro atoms. The maximum atomic E-state index is 5.65. The number of nitrogens with zero attached hydrogens (tertiary/aromatic N) is 2. The van der Waals surface area contributed by atoms with Gasteiger partial charge in [-0.3, -0.25) is 4.90 Å². The Kier molecular flexibility index (Phi) is 5.89. The average Bonchev–Trinajstić information content (AvgIpc) is 2.65. The van der Waals surface area contributed by atoms with Crippen molar-refractivity contribution < 1.29 is 4.74 Å². The Morgan fingerprint density at radius 2 is 2.11 bits per heavy atom. The van der Waals surface area contributed by atoms with Gasteiger partial charge in [-0.15, -0.1) is 0 Å². The molecule has 0 bridgehead atoms. The van der Waals surface area contributed by atoms with Crippen molar-refractivity contribution in [3.63, 3.8) is 0 Å². The molecule has 0 aromatic rings. The first-order chi connectivity index (χ1) is 8.77. The Bertz CT molecular complexity index is 227. The Hall–Kier alpha value is -0.160. The van der Waals surface area contributed by atoms with Crippen LogP contribution in [0.3, 0.4) is 0 Å². The van der Waals surface area contributed by atoms with Gasteiger partial charge in [0.25, 0.3) is 0 Å². The molecule has 0 saturated carbocycles. The van der Waals surface area contributed by atoms with Crippen molar-refractivity contribution in [1.29, 1.82) is 0 Å². The van der Waals surface area contributed by atoms with Crippen LogP contribution in [-0.2, 0) is 4.74 Å². The van der Waals surface area contributed by atoms with Gasteiger partial charge in [-0.2, -0.15) is 0 Å². The number of hydrogen-bond acceptors (Lipinski definition) is 4. The van der Waals surface area contributed by atoms with Gasteiger partial charge >= 0.3 is 0 Å². The molecule has 2 rings (SSSR count). The minimum Gasteiger partial charge on any atom is -0.378 e. The standard InChI is InChI=1S/C14H29N3O/c1-13(2)17-10-11-18-12-14(17)4-8-16-7-3-5-15-6-9-16/h13-15H,3-12H2,1-2H3. The lowest BCUT2D eigenvalue weighted by Gasteiger charge is -2.39. The third-order valence-electron chi connectivity index (χ3n) is 4.15. The molecule has 1 atom stereocenters. The summed E-state index contributed by atoms with van der Waals surface area (Å²) in [6.07, 6.45) is 2.53. The average molecular weight is 255 g/mol. The first-order valence-corrected chi connectivity index (χ1v) is 7.54. The van der Waals surface area contributed by atoms with E-state index in [2.05, 4.69) is 29.0 Å². The van der Waals surface area contributed by atoms with Gasteiger partial charge in [0, 0.05) is 31.7 Å². The van der Waals surface area contributed by atoms with E-state index in [-0.39, 0.29) is 0 Å². The highest BCUT2D eigenvalue weighted by Gasteiger charge is 2.25. The van der Waals surface area contributed by atoms with Crippen LogP contribution in [0.5, 0.6) is 0 Å². The fraction of sp³-hybridized carbons (Fsp3) is 1.00. The van der Waals surface area contributed by atoms with E-state index in [9.17, 15) is 0 Å². The molecule has 0 amide bonds. The molecule has 2 heterocycles. The van der Waals surface area contributed by atoms with E-state index in [0.29, 0.717) is 12.1 Å². The Morgan fingerprint density at radius 3 is 2.94 bits per heavy atom. The summed E-state index contributed by atoms with van der Waals surface area (Å²) in [5.41, 5.74) is 0. The SMILES string of the molecule is CC(C)N1CCOCC1CCN1CCCNCC1. The second-order valence-corrected chi connectivity index (χ2v) is 5.79. The molecule has 4 nitrogen and oxygen atoms in total. The fourth-order valence-corrected chi connectivity index (χ4v) is 3.05. The molecule has 0 aromatic heterocycles. The number of morpholine rings is 1. The lowest BCUT2D eigenvalue weighted by Crippen LogP contribution is -2.50. The molecule has 2 aliphatic heterocycles. The van der Waals surface area contributed by atoms with Crippen molar-refractivity contribution >= 4 is 0 Å². The summed E-state index contributed by atoms with van der Waals surface area (Å²) in [4.78, 5) is 5.21. The molecule has 0 aromatic carbocycles. The van der Waals surface area contributed by atoms with Gasteiger partial charge in [-0.1, -0.05) is 0 Å². The maximum absolute atomic E-state index is 5.65. The minimum atomic E-state index is 0.620. The normalized spacial score (nSPS) is 28.5. The quantitative estimate of drug-likeness (QED) is 0.803. The molecule has 1 N–H and O–H groups in total. The van der Waals surface area contributed by atoms with Gasteiger partial charge < -0.3 is 15.0 Å². The highest BCUT2D eigenvalue weighted by molar-refractivity contribution is 4.79. The monoisotopic (exact) mass is 255 g/mol. The van der Waals surface area contributed by atoms with Crippen LogP contribution in [0.25, 0.3) is 0 Å². The van der Waals surface area contributed by atoms with Crippen LogP contribution < -0.4 is 5.32 Å². The van der Waals surface area contributed by atoms with Gasteiger partial charge in [-0.25, -0.2) is 0 Å². The zero-order valence-corrected chi connectivity index (χ0v) is 12.0. The number of nitrogens with one attached hydrogen (secondary N) is 1. The lowest BCUT2D eigenvalue weighted by atomic mass is 10.1. The minimum absolute atomic E-state index is 0.620. The van der Waals surface area contributed by atoms with Crippen molar-refractivity contribution in [3.8, 4) is 0 Å². The topological polar surface area (TPSA) is 27.7 Å². The van der Waals surface area contributed by atoms with Crippen molar-refractivity contribution in [1.82, 2.24) is 15.1 Å². The maximum Gasteiger partial charge on any atom is 0.0623 e. The summed E-state index contributed by atoms with van der Waals surface area (Å²) < 4.78 is 5.65. The molecule has 4 heteroatoms. The molecule has 106 valence electrons. The summed E-state index contributed by atoms with van der Waals surface area (Å²) in [6, 6.07) is 1.26. The molecule has 1 unspecified atom stereocenters. The first kappa shape index (κ1) is 14.3. The summed E-state index contributed by atoms with van der Waals surface area (Å²) in [5, 5.41) is 3.47. The van der Waals surface area contributed by atoms with E-state index in [0.717, 1.165) is 26.3 Å². The lowest BCUT2D eigenvalue weighted by molar-refractivity contribution is -0.0275. The largest absolute Gasteiger partial charge is 0.378 e. The van der Waals surface area contributed by atoms with Gasteiger partial charge in [-0.05, 0) is 46.3 Å². The van der Waals surface area contributed by atoms with E-state index in [1.54, 1.807) is 0 Å². The van der Waals surface area contributed by atoms with Crippen molar-refractivity contribution in [2.24, 2.45) is 0 Å². The van der Waals surface area contributed by atoms with E-state index in [1.807, 2.05) is 0 Å². The highest BCUT2D eigenvalue weighted by Crippen LogP contribution is 2.14. The Morgan fingerprint density at radius 1 is 1.22 bits per heavy atom. The van der Waals surface area contributed by atoms with Crippen LogP contribution in [0.1, 0.15) is 26.7 Å². The van der Waals surface area contributed by atoms with Gasteiger partial charge in [0.2, 0.25) is 0 Å². The predicted molar refractivity (Wildman–Crippen MR) is 75.0 cm³/mol. The zero-order valence-electron chi connectivity index (χ0n) is 12.0. The summed E-state index contributed by atoms with van der Waals surface area (Å²) in [6.45, 7) is 13.5. The second-order valence-electron chi connectivity index (χ2n) is 5.79. The third kappa shape index (κ3) is 4.19. The summed E-state index contributed by atoms with van der Waals surface area (Å²) in [5.74, 6) is 0. The van der Waals surface area contributed by atoms with E-state index in [4.69, 9.17) is 4.74 Å². The molecule has 0 radical (unpaired) electrons. The van der Waals surface area contributed by atoms with E-state index < -0.39 is 0 Å². The Labute approximate surface area is 112 Å². The van der Waals surface area contributed by atoms with E-state index in [1.165, 1.54) is 39.0 Å². The van der Waals surface area contributed by atoms with Crippen molar-refractivity contribution in [3.05, 3.63) is 0 Å². The van der Waals surface area contributed by atoms with Crippen LogP contribution in [0.15, 0.2) is 0 Å². The van der Waals surface area contributed by atoms with Gasteiger partial charge in [0.15, 0.2) is 0 Å². The molecule has 0 aliphatic carbocycles. The summed E-state index contributed by atoms with van der Waals surface area (Å²) in [7, 11) is 0. The van der Waals surface area contributed by atoms with Crippen molar-refractivity contribution in [2.45, 2.75) is 38.8 Å². The van der Waals surface area contributed by atoms with Gasteiger partial charge in [0.05, 0.1) is 13.2 Å². The fourth-order valence-electron chi connectivity index (χ4n) is 3.05. The molecule has 2 fully saturated rings. The third-order valence-corrected chi connectivity index (χ3v) is 4.15. The highest BCUT2D eigenvalue weighted by atomic mass is 16.5. The van der Waals surface area contributed by atoms with Crippen molar-refractivity contribution in [2.75, 3.05) is 52.5 Å². The van der Waals surface area contributed by atoms with Crippen LogP contribution >= 0.6 is 0 Å². The smallest absolute Gasteiger partial charge is 0.0623 e. The van der Waals surface area contributed by atoms with Crippen LogP contribution in [-0.4, -0.2) is 74.4 Å². The number of hydrogen-bond donors (Lipinski definition) is 1. The number of ether oxygens (including phenoxy) is 1.